The first kappa shape index (κ1) is 13.2. The molecule has 4 heteroatoms. The van der Waals surface area contributed by atoms with Gasteiger partial charge in [0.1, 0.15) is 5.82 Å². The summed E-state index contributed by atoms with van der Waals surface area (Å²) in [6, 6.07) is 4.73. The molecule has 1 unspecified atom stereocenters. The normalized spacial score (nSPS) is 25.1. The van der Waals surface area contributed by atoms with Gasteiger partial charge in [-0.3, -0.25) is 0 Å². The minimum atomic E-state index is -0.305. The molecule has 1 heterocycles. The number of benzene rings is 1. The van der Waals surface area contributed by atoms with Crippen molar-refractivity contribution in [2.75, 3.05) is 11.9 Å². The van der Waals surface area contributed by atoms with Crippen LogP contribution in [0, 0.1) is 5.82 Å². The lowest BCUT2D eigenvalue weighted by atomic mass is 9.98. The molecule has 0 radical (unpaired) electrons. The molecule has 1 aromatic carbocycles. The molecule has 1 atom stereocenters. The molecule has 3 rings (SSSR count). The van der Waals surface area contributed by atoms with Gasteiger partial charge in [-0.25, -0.2) is 4.39 Å². The van der Waals surface area contributed by atoms with Crippen LogP contribution in [-0.4, -0.2) is 18.2 Å². The number of halogens is 2. The highest BCUT2D eigenvalue weighted by Gasteiger charge is 2.41. The van der Waals surface area contributed by atoms with Gasteiger partial charge >= 0.3 is 0 Å². The highest BCUT2D eigenvalue weighted by Crippen LogP contribution is 2.43. The maximum Gasteiger partial charge on any atom is 0.147 e. The van der Waals surface area contributed by atoms with E-state index in [0.29, 0.717) is 17.3 Å². The van der Waals surface area contributed by atoms with Crippen molar-refractivity contribution < 1.29 is 9.13 Å². The number of nitrogens with one attached hydrogen (secondary N) is 1. The Balaban J connectivity index is 1.59. The van der Waals surface area contributed by atoms with Gasteiger partial charge in [-0.15, -0.1) is 0 Å². The lowest BCUT2D eigenvalue weighted by Gasteiger charge is -2.24. The van der Waals surface area contributed by atoms with E-state index in [1.165, 1.54) is 31.7 Å². The highest BCUT2D eigenvalue weighted by molar-refractivity contribution is 6.33. The molecule has 1 saturated carbocycles. The van der Waals surface area contributed by atoms with Gasteiger partial charge < -0.3 is 10.1 Å². The van der Waals surface area contributed by atoms with E-state index in [1.54, 1.807) is 12.1 Å². The van der Waals surface area contributed by atoms with Crippen molar-refractivity contribution in [3.05, 3.63) is 29.0 Å². The molecule has 2 fully saturated rings. The third-order valence-corrected chi connectivity index (χ3v) is 4.64. The summed E-state index contributed by atoms with van der Waals surface area (Å²) in [6.45, 7) is 0.627. The Morgan fingerprint density at radius 1 is 1.32 bits per heavy atom. The van der Waals surface area contributed by atoms with Gasteiger partial charge in [0.05, 0.1) is 22.4 Å². The van der Waals surface area contributed by atoms with Crippen LogP contribution in [0.1, 0.15) is 38.5 Å². The first-order valence-electron chi connectivity index (χ1n) is 7.04. The summed E-state index contributed by atoms with van der Waals surface area (Å²) in [6.07, 6.45) is 7.30. The summed E-state index contributed by atoms with van der Waals surface area (Å²) < 4.78 is 19.8. The minimum absolute atomic E-state index is 0.130. The molecule has 19 heavy (non-hydrogen) atoms. The molecule has 1 aliphatic carbocycles. The second kappa shape index (κ2) is 5.29. The molecule has 0 amide bonds. The van der Waals surface area contributed by atoms with Crippen LogP contribution >= 0.6 is 11.6 Å². The number of rotatable bonds is 3. The van der Waals surface area contributed by atoms with Crippen molar-refractivity contribution in [2.24, 2.45) is 0 Å². The standard InChI is InChI=1S/C15H19ClFNO/c16-12-4-3-5-13(17)14(12)18-10-11-6-9-15(19-11)7-1-2-8-15/h3-5,11,18H,1-2,6-10H2. The Morgan fingerprint density at radius 2 is 2.11 bits per heavy atom. The summed E-state index contributed by atoms with van der Waals surface area (Å²) in [5.41, 5.74) is 0.519. The van der Waals surface area contributed by atoms with Gasteiger partial charge in [-0.05, 0) is 37.8 Å². The molecule has 1 saturated heterocycles. The van der Waals surface area contributed by atoms with E-state index in [0.717, 1.165) is 12.8 Å². The van der Waals surface area contributed by atoms with E-state index in [1.807, 2.05) is 0 Å². The highest BCUT2D eigenvalue weighted by atomic mass is 35.5. The van der Waals surface area contributed by atoms with Crippen LogP contribution in [0.2, 0.25) is 5.02 Å². The van der Waals surface area contributed by atoms with Crippen LogP contribution in [0.4, 0.5) is 10.1 Å². The molecule has 1 N–H and O–H groups in total. The van der Waals surface area contributed by atoms with Crippen LogP contribution in [0.3, 0.4) is 0 Å². The molecule has 1 spiro atoms. The predicted molar refractivity (Wildman–Crippen MR) is 75.2 cm³/mol. The summed E-state index contributed by atoms with van der Waals surface area (Å²) >= 11 is 5.99. The predicted octanol–water partition coefficient (Wildman–Crippen LogP) is 4.38. The molecule has 104 valence electrons. The molecule has 1 aliphatic heterocycles. The Morgan fingerprint density at radius 3 is 2.84 bits per heavy atom. The van der Waals surface area contributed by atoms with E-state index in [2.05, 4.69) is 5.32 Å². The van der Waals surface area contributed by atoms with Crippen molar-refractivity contribution in [2.45, 2.75) is 50.2 Å². The lowest BCUT2D eigenvalue weighted by Crippen LogP contribution is -2.28. The first-order valence-corrected chi connectivity index (χ1v) is 7.42. The zero-order valence-electron chi connectivity index (χ0n) is 10.9. The quantitative estimate of drug-likeness (QED) is 0.889. The molecule has 2 nitrogen and oxygen atoms in total. The van der Waals surface area contributed by atoms with Crippen LogP contribution in [0.5, 0.6) is 0 Å². The molecule has 1 aromatic rings. The monoisotopic (exact) mass is 283 g/mol. The molecule has 0 aromatic heterocycles. The molecule has 2 aliphatic rings. The number of para-hydroxylation sites is 1. The van der Waals surface area contributed by atoms with Gasteiger partial charge in [-0.2, -0.15) is 0 Å². The lowest BCUT2D eigenvalue weighted by molar-refractivity contribution is -0.0307. The molecular formula is C15H19ClFNO. The van der Waals surface area contributed by atoms with Gasteiger partial charge in [0.15, 0.2) is 0 Å². The second-order valence-corrected chi connectivity index (χ2v) is 6.05. The number of ether oxygens (including phenoxy) is 1. The van der Waals surface area contributed by atoms with Gasteiger partial charge in [0.2, 0.25) is 0 Å². The second-order valence-electron chi connectivity index (χ2n) is 5.65. The number of hydrogen-bond acceptors (Lipinski definition) is 2. The molecular weight excluding hydrogens is 265 g/mol. The Bertz CT molecular complexity index is 439. The fraction of sp³-hybridized carbons (Fsp3) is 0.600. The van der Waals surface area contributed by atoms with E-state index < -0.39 is 0 Å². The van der Waals surface area contributed by atoms with Crippen molar-refractivity contribution in [3.8, 4) is 0 Å². The summed E-state index contributed by atoms with van der Waals surface area (Å²) in [5.74, 6) is -0.305. The topological polar surface area (TPSA) is 21.3 Å². The van der Waals surface area contributed by atoms with Crippen molar-refractivity contribution in [1.29, 1.82) is 0 Å². The Hall–Kier alpha value is -0.800. The zero-order chi connectivity index (χ0) is 13.3. The van der Waals surface area contributed by atoms with Gasteiger partial charge in [-0.1, -0.05) is 30.5 Å². The minimum Gasteiger partial charge on any atom is -0.379 e. The fourth-order valence-electron chi connectivity index (χ4n) is 3.31. The van der Waals surface area contributed by atoms with E-state index in [-0.39, 0.29) is 17.5 Å². The van der Waals surface area contributed by atoms with Crippen LogP contribution in [0.15, 0.2) is 18.2 Å². The third-order valence-electron chi connectivity index (χ3n) is 4.32. The Labute approximate surface area is 118 Å². The average Bonchev–Trinajstić information content (AvgIpc) is 3.00. The third kappa shape index (κ3) is 2.72. The van der Waals surface area contributed by atoms with E-state index >= 15 is 0 Å². The molecule has 0 bridgehead atoms. The van der Waals surface area contributed by atoms with E-state index in [9.17, 15) is 4.39 Å². The summed E-state index contributed by atoms with van der Waals surface area (Å²) in [7, 11) is 0. The van der Waals surface area contributed by atoms with Gasteiger partial charge in [0.25, 0.3) is 0 Å². The zero-order valence-corrected chi connectivity index (χ0v) is 11.7. The van der Waals surface area contributed by atoms with Gasteiger partial charge in [0, 0.05) is 6.54 Å². The maximum absolute atomic E-state index is 13.6. The van der Waals surface area contributed by atoms with Crippen LogP contribution in [-0.2, 0) is 4.74 Å². The largest absolute Gasteiger partial charge is 0.379 e. The van der Waals surface area contributed by atoms with E-state index in [4.69, 9.17) is 16.3 Å². The Kier molecular flexibility index (Phi) is 3.68. The maximum atomic E-state index is 13.6. The fourth-order valence-corrected chi connectivity index (χ4v) is 3.54. The van der Waals surface area contributed by atoms with Crippen LogP contribution < -0.4 is 5.32 Å². The van der Waals surface area contributed by atoms with Crippen molar-refractivity contribution in [1.82, 2.24) is 0 Å². The number of hydrogen-bond donors (Lipinski definition) is 1. The van der Waals surface area contributed by atoms with Crippen molar-refractivity contribution >= 4 is 17.3 Å². The number of anilines is 1. The summed E-state index contributed by atoms with van der Waals surface area (Å²) in [4.78, 5) is 0. The average molecular weight is 284 g/mol. The summed E-state index contributed by atoms with van der Waals surface area (Å²) in [5, 5.41) is 3.52. The van der Waals surface area contributed by atoms with Crippen molar-refractivity contribution in [3.63, 3.8) is 0 Å². The first-order chi connectivity index (χ1) is 9.19. The smallest absolute Gasteiger partial charge is 0.147 e. The SMILES string of the molecule is Fc1cccc(Cl)c1NCC1CCC2(CCCC2)O1. The van der Waals surface area contributed by atoms with Crippen LogP contribution in [0.25, 0.3) is 0 Å².